The van der Waals surface area contributed by atoms with E-state index >= 15 is 0 Å². The van der Waals surface area contributed by atoms with Gasteiger partial charge in [-0.2, -0.15) is 13.2 Å². The number of oxime groups is 1. The van der Waals surface area contributed by atoms with Crippen LogP contribution in [0.1, 0.15) is 25.7 Å². The number of hydrogen-bond donors (Lipinski definition) is 3. The predicted octanol–water partition coefficient (Wildman–Crippen LogP) is 1.13. The molecule has 0 amide bonds. The van der Waals surface area contributed by atoms with E-state index in [4.69, 9.17) is 10.9 Å². The van der Waals surface area contributed by atoms with E-state index in [9.17, 15) is 13.2 Å². The number of fused-ring (bicyclic) bond motifs is 1. The summed E-state index contributed by atoms with van der Waals surface area (Å²) in [6.45, 7) is 1.70. The van der Waals surface area contributed by atoms with Crippen molar-refractivity contribution in [2.24, 2.45) is 16.8 Å². The van der Waals surface area contributed by atoms with E-state index in [1.54, 1.807) is 0 Å². The van der Waals surface area contributed by atoms with Gasteiger partial charge in [0, 0.05) is 18.6 Å². The highest BCUT2D eigenvalue weighted by atomic mass is 19.4. The second kappa shape index (κ2) is 6.17. The summed E-state index contributed by atoms with van der Waals surface area (Å²) < 4.78 is 38.4. The molecule has 5 nitrogen and oxygen atoms in total. The number of halogens is 3. The van der Waals surface area contributed by atoms with E-state index in [1.165, 1.54) is 6.42 Å². The van der Waals surface area contributed by atoms with Crippen molar-refractivity contribution in [3.05, 3.63) is 0 Å². The van der Waals surface area contributed by atoms with Gasteiger partial charge >= 0.3 is 6.18 Å². The summed E-state index contributed by atoms with van der Waals surface area (Å²) >= 11 is 0. The monoisotopic (exact) mass is 294 g/mol. The first-order valence-electron chi connectivity index (χ1n) is 6.93. The fourth-order valence-electron chi connectivity index (χ4n) is 3.15. The van der Waals surface area contributed by atoms with Crippen molar-refractivity contribution >= 4 is 5.84 Å². The van der Waals surface area contributed by atoms with Crippen molar-refractivity contribution in [3.63, 3.8) is 0 Å². The minimum Gasteiger partial charge on any atom is -0.409 e. The molecule has 0 radical (unpaired) electrons. The van der Waals surface area contributed by atoms with Crippen LogP contribution in [0.15, 0.2) is 5.16 Å². The Balaban J connectivity index is 1.86. The maximum Gasteiger partial charge on any atom is 0.400 e. The molecule has 2 heterocycles. The topological polar surface area (TPSA) is 73.9 Å². The number of nitrogens with two attached hydrogens (primary N) is 1. The van der Waals surface area contributed by atoms with Crippen LogP contribution in [0.5, 0.6) is 0 Å². The molecular weight excluding hydrogens is 273 g/mol. The van der Waals surface area contributed by atoms with Crippen LogP contribution in [0.2, 0.25) is 0 Å². The molecule has 2 saturated heterocycles. The van der Waals surface area contributed by atoms with E-state index in [-0.39, 0.29) is 12.6 Å². The average molecular weight is 294 g/mol. The van der Waals surface area contributed by atoms with Gasteiger partial charge in [-0.15, -0.1) is 0 Å². The third-order valence-electron chi connectivity index (χ3n) is 4.30. The second-order valence-corrected chi connectivity index (χ2v) is 5.58. The molecule has 20 heavy (non-hydrogen) atoms. The first-order valence-corrected chi connectivity index (χ1v) is 6.93. The third kappa shape index (κ3) is 3.54. The number of nitrogens with zero attached hydrogens (tertiary/aromatic N) is 2. The van der Waals surface area contributed by atoms with Gasteiger partial charge in [0.15, 0.2) is 5.84 Å². The Hall–Kier alpha value is -1.02. The summed E-state index contributed by atoms with van der Waals surface area (Å²) in [4.78, 5) is 2.41. The zero-order valence-electron chi connectivity index (χ0n) is 11.2. The molecule has 0 bridgehead atoms. The summed E-state index contributed by atoms with van der Waals surface area (Å²) in [6.07, 6.45) is -0.483. The van der Waals surface area contributed by atoms with Crippen LogP contribution in [-0.4, -0.2) is 53.8 Å². The molecule has 4 N–H and O–H groups in total. The highest BCUT2D eigenvalue weighted by Gasteiger charge is 2.43. The molecule has 2 aliphatic heterocycles. The Morgan fingerprint density at radius 2 is 2.15 bits per heavy atom. The number of piperidine rings is 1. The molecule has 3 unspecified atom stereocenters. The van der Waals surface area contributed by atoms with Crippen LogP contribution < -0.4 is 11.1 Å². The normalized spacial score (nSPS) is 30.2. The van der Waals surface area contributed by atoms with Crippen molar-refractivity contribution in [2.75, 3.05) is 19.6 Å². The maximum absolute atomic E-state index is 12.8. The van der Waals surface area contributed by atoms with Crippen LogP contribution in [0, 0.1) is 5.92 Å². The first-order chi connectivity index (χ1) is 9.41. The van der Waals surface area contributed by atoms with Gasteiger partial charge in [0.05, 0.1) is 0 Å². The van der Waals surface area contributed by atoms with Crippen LogP contribution in [0.3, 0.4) is 0 Å². The molecule has 2 aliphatic rings. The lowest BCUT2D eigenvalue weighted by Gasteiger charge is -2.36. The zero-order chi connectivity index (χ0) is 14.8. The van der Waals surface area contributed by atoms with Crippen molar-refractivity contribution < 1.29 is 18.4 Å². The van der Waals surface area contributed by atoms with Crippen LogP contribution in [0.25, 0.3) is 0 Å². The van der Waals surface area contributed by atoms with Gasteiger partial charge in [0.2, 0.25) is 0 Å². The minimum atomic E-state index is -4.50. The highest BCUT2D eigenvalue weighted by Crippen LogP contribution is 2.29. The van der Waals surface area contributed by atoms with Gasteiger partial charge in [-0.1, -0.05) is 5.16 Å². The molecule has 0 spiro atoms. The standard InChI is InChI=1S/C12H21F3N4O/c13-12(14,15)10(11(16)18-20)7-17-8-3-5-19-4-1-2-9(19)6-8/h8-10,17,20H,1-7H2,(H2,16,18). The molecule has 3 atom stereocenters. The van der Waals surface area contributed by atoms with Gasteiger partial charge < -0.3 is 21.2 Å². The predicted molar refractivity (Wildman–Crippen MR) is 68.6 cm³/mol. The lowest BCUT2D eigenvalue weighted by atomic mass is 9.97. The Kier molecular flexibility index (Phi) is 4.74. The SMILES string of the molecule is NC(=NO)C(CNC1CCN2CCCC2C1)C(F)(F)F. The van der Waals surface area contributed by atoms with Crippen molar-refractivity contribution in [2.45, 2.75) is 43.9 Å². The molecule has 0 aliphatic carbocycles. The van der Waals surface area contributed by atoms with Gasteiger partial charge in [0.25, 0.3) is 0 Å². The number of hydrogen-bond acceptors (Lipinski definition) is 4. The Labute approximate surface area is 116 Å². The molecule has 8 heteroatoms. The maximum atomic E-state index is 12.8. The smallest absolute Gasteiger partial charge is 0.400 e. The van der Waals surface area contributed by atoms with Crippen molar-refractivity contribution in [1.82, 2.24) is 10.2 Å². The minimum absolute atomic E-state index is 0.0747. The van der Waals surface area contributed by atoms with Crippen LogP contribution in [0.4, 0.5) is 13.2 Å². The summed E-state index contributed by atoms with van der Waals surface area (Å²) in [5, 5.41) is 13.9. The largest absolute Gasteiger partial charge is 0.409 e. The number of rotatable bonds is 4. The molecule has 0 aromatic carbocycles. The lowest BCUT2D eigenvalue weighted by Crippen LogP contribution is -2.50. The highest BCUT2D eigenvalue weighted by molar-refractivity contribution is 5.83. The fourth-order valence-corrected chi connectivity index (χ4v) is 3.15. The first kappa shape index (κ1) is 15.4. The number of nitrogens with one attached hydrogen (secondary N) is 1. The van der Waals surface area contributed by atoms with E-state index in [0.717, 1.165) is 32.4 Å². The molecule has 0 aromatic heterocycles. The molecule has 0 saturated carbocycles. The van der Waals surface area contributed by atoms with E-state index in [0.29, 0.717) is 6.04 Å². The summed E-state index contributed by atoms with van der Waals surface area (Å²) in [5.41, 5.74) is 5.14. The summed E-state index contributed by atoms with van der Waals surface area (Å²) in [7, 11) is 0. The fraction of sp³-hybridized carbons (Fsp3) is 0.917. The summed E-state index contributed by atoms with van der Waals surface area (Å²) in [5.74, 6) is -2.72. The van der Waals surface area contributed by atoms with Crippen LogP contribution in [-0.2, 0) is 0 Å². The zero-order valence-corrected chi connectivity index (χ0v) is 11.2. The lowest BCUT2D eigenvalue weighted by molar-refractivity contribution is -0.155. The van der Waals surface area contributed by atoms with Crippen molar-refractivity contribution in [3.8, 4) is 0 Å². The van der Waals surface area contributed by atoms with Gasteiger partial charge in [-0.05, 0) is 38.8 Å². The third-order valence-corrected chi connectivity index (χ3v) is 4.30. The molecule has 0 aromatic rings. The molecule has 2 fully saturated rings. The Morgan fingerprint density at radius 3 is 2.80 bits per heavy atom. The van der Waals surface area contributed by atoms with E-state index < -0.39 is 17.9 Å². The van der Waals surface area contributed by atoms with Crippen molar-refractivity contribution in [1.29, 1.82) is 0 Å². The van der Waals surface area contributed by atoms with Crippen LogP contribution >= 0.6 is 0 Å². The van der Waals surface area contributed by atoms with E-state index in [1.807, 2.05) is 0 Å². The Morgan fingerprint density at radius 1 is 1.40 bits per heavy atom. The number of amidine groups is 1. The Bertz CT molecular complexity index is 361. The molecular formula is C12H21F3N4O. The second-order valence-electron chi connectivity index (χ2n) is 5.58. The average Bonchev–Trinajstić information content (AvgIpc) is 2.84. The number of alkyl halides is 3. The van der Waals surface area contributed by atoms with Gasteiger partial charge in [-0.25, -0.2) is 0 Å². The molecule has 116 valence electrons. The molecule has 2 rings (SSSR count). The van der Waals surface area contributed by atoms with Gasteiger partial charge in [0.1, 0.15) is 5.92 Å². The van der Waals surface area contributed by atoms with Gasteiger partial charge in [-0.3, -0.25) is 0 Å². The summed E-state index contributed by atoms with van der Waals surface area (Å²) in [6, 6.07) is 0.570. The quantitative estimate of drug-likeness (QED) is 0.314. The van der Waals surface area contributed by atoms with E-state index in [2.05, 4.69) is 15.4 Å².